The molecule has 0 heterocycles. The van der Waals surface area contributed by atoms with Gasteiger partial charge in [0.15, 0.2) is 5.05 Å². The van der Waals surface area contributed by atoms with Crippen molar-refractivity contribution in [3.63, 3.8) is 0 Å². The molecule has 0 radical (unpaired) electrons. The highest BCUT2D eigenvalue weighted by atomic mass is 32.1. The van der Waals surface area contributed by atoms with E-state index in [9.17, 15) is 0 Å². The van der Waals surface area contributed by atoms with Crippen LogP contribution in [0.25, 0.3) is 0 Å². The monoisotopic (exact) mass is 200 g/mol. The topological polar surface area (TPSA) is 9.23 Å². The molecule has 0 unspecified atom stereocenters. The van der Waals surface area contributed by atoms with Gasteiger partial charge < -0.3 is 4.74 Å². The van der Waals surface area contributed by atoms with Crippen LogP contribution in [0.2, 0.25) is 0 Å². The van der Waals surface area contributed by atoms with Crippen LogP contribution in [-0.4, -0.2) is 11.7 Å². The summed E-state index contributed by atoms with van der Waals surface area (Å²) in [6.45, 7) is 6.51. The van der Waals surface area contributed by atoms with Gasteiger partial charge in [-0.25, -0.2) is 0 Å². The van der Waals surface area contributed by atoms with Crippen LogP contribution < -0.4 is 0 Å². The molecule has 0 fully saturated rings. The van der Waals surface area contributed by atoms with Crippen molar-refractivity contribution >= 4 is 17.3 Å². The van der Waals surface area contributed by atoms with Gasteiger partial charge in [-0.1, -0.05) is 45.6 Å². The van der Waals surface area contributed by atoms with Gasteiger partial charge in [0.2, 0.25) is 0 Å². The van der Waals surface area contributed by atoms with Crippen LogP contribution in [0.5, 0.6) is 0 Å². The third-order valence-electron chi connectivity index (χ3n) is 1.91. The first-order valence-corrected chi connectivity index (χ1v) is 5.51. The van der Waals surface area contributed by atoms with E-state index in [1.54, 1.807) is 6.08 Å². The van der Waals surface area contributed by atoms with Crippen LogP contribution in [0.3, 0.4) is 0 Å². The Morgan fingerprint density at radius 2 is 1.85 bits per heavy atom. The maximum atomic E-state index is 5.21. The van der Waals surface area contributed by atoms with Gasteiger partial charge in [-0.3, -0.25) is 0 Å². The summed E-state index contributed by atoms with van der Waals surface area (Å²) in [7, 11) is 0. The van der Waals surface area contributed by atoms with E-state index in [0.717, 1.165) is 13.0 Å². The summed E-state index contributed by atoms with van der Waals surface area (Å²) in [5.74, 6) is 0. The Morgan fingerprint density at radius 3 is 2.46 bits per heavy atom. The van der Waals surface area contributed by atoms with Crippen molar-refractivity contribution in [3.05, 3.63) is 12.7 Å². The van der Waals surface area contributed by atoms with E-state index >= 15 is 0 Å². The number of rotatable bonds is 8. The molecular weight excluding hydrogens is 180 g/mol. The lowest BCUT2D eigenvalue weighted by atomic mass is 10.1. The van der Waals surface area contributed by atoms with Crippen LogP contribution in [0, 0.1) is 0 Å². The second kappa shape index (κ2) is 9.72. The van der Waals surface area contributed by atoms with Crippen molar-refractivity contribution in [1.82, 2.24) is 0 Å². The molecule has 0 amide bonds. The molecule has 0 saturated carbocycles. The van der Waals surface area contributed by atoms with Gasteiger partial charge in [0.25, 0.3) is 0 Å². The summed E-state index contributed by atoms with van der Waals surface area (Å²) < 4.78 is 5.21. The lowest BCUT2D eigenvalue weighted by molar-refractivity contribution is 0.302. The molecule has 0 saturated heterocycles. The molecule has 0 aromatic carbocycles. The Kier molecular flexibility index (Phi) is 9.44. The zero-order valence-electron chi connectivity index (χ0n) is 8.55. The highest BCUT2D eigenvalue weighted by Gasteiger charge is 1.92. The normalized spacial score (nSPS) is 9.62. The standard InChI is InChI=1S/C11H20OS/c1-3-5-6-7-8-9-10-12-11(13)4-2/h4H,2-3,5-10H2,1H3. The van der Waals surface area contributed by atoms with Crippen LogP contribution in [-0.2, 0) is 4.74 Å². The number of hydrogen-bond donors (Lipinski definition) is 0. The van der Waals surface area contributed by atoms with Crippen molar-refractivity contribution in [3.8, 4) is 0 Å². The molecule has 0 bridgehead atoms. The predicted octanol–water partition coefficient (Wildman–Crippen LogP) is 3.88. The summed E-state index contributed by atoms with van der Waals surface area (Å²) in [6, 6.07) is 0. The molecule has 0 rings (SSSR count). The minimum absolute atomic E-state index is 0.522. The number of unbranched alkanes of at least 4 members (excludes halogenated alkanes) is 5. The van der Waals surface area contributed by atoms with Crippen LogP contribution >= 0.6 is 12.2 Å². The second-order valence-corrected chi connectivity index (χ2v) is 3.54. The molecule has 13 heavy (non-hydrogen) atoms. The van der Waals surface area contributed by atoms with E-state index in [1.165, 1.54) is 32.1 Å². The fourth-order valence-electron chi connectivity index (χ4n) is 1.11. The van der Waals surface area contributed by atoms with Gasteiger partial charge in [-0.2, -0.15) is 0 Å². The lowest BCUT2D eigenvalue weighted by Crippen LogP contribution is -1.99. The first-order valence-electron chi connectivity index (χ1n) is 5.10. The minimum atomic E-state index is 0.522. The van der Waals surface area contributed by atoms with Gasteiger partial charge in [-0.15, -0.1) is 0 Å². The first kappa shape index (κ1) is 12.6. The first-order chi connectivity index (χ1) is 6.31. The molecule has 0 atom stereocenters. The van der Waals surface area contributed by atoms with E-state index in [-0.39, 0.29) is 0 Å². The predicted molar refractivity (Wildman–Crippen MR) is 62.1 cm³/mol. The number of thiocarbonyl (C=S) groups is 1. The molecule has 0 aliphatic carbocycles. The smallest absolute Gasteiger partial charge is 0.183 e. The third kappa shape index (κ3) is 9.54. The van der Waals surface area contributed by atoms with E-state index in [0.29, 0.717) is 5.05 Å². The molecule has 0 spiro atoms. The Hall–Kier alpha value is -0.370. The summed E-state index contributed by atoms with van der Waals surface area (Å²) >= 11 is 4.83. The second-order valence-electron chi connectivity index (χ2n) is 3.14. The quantitative estimate of drug-likeness (QED) is 0.334. The van der Waals surface area contributed by atoms with Gasteiger partial charge in [0.05, 0.1) is 6.61 Å². The van der Waals surface area contributed by atoms with Crippen molar-refractivity contribution < 1.29 is 4.74 Å². The number of hydrogen-bond acceptors (Lipinski definition) is 2. The summed E-state index contributed by atoms with van der Waals surface area (Å²) in [6.07, 6.45) is 9.26. The summed E-state index contributed by atoms with van der Waals surface area (Å²) in [4.78, 5) is 0. The fraction of sp³-hybridized carbons (Fsp3) is 0.727. The molecule has 0 aliphatic rings. The average molecular weight is 200 g/mol. The third-order valence-corrected chi connectivity index (χ3v) is 2.19. The molecule has 1 nitrogen and oxygen atoms in total. The van der Waals surface area contributed by atoms with Crippen LogP contribution in [0.4, 0.5) is 0 Å². The molecule has 0 aromatic heterocycles. The zero-order chi connectivity index (χ0) is 9.94. The maximum Gasteiger partial charge on any atom is 0.183 e. The maximum absolute atomic E-state index is 5.21. The summed E-state index contributed by atoms with van der Waals surface area (Å²) in [5.41, 5.74) is 0. The van der Waals surface area contributed by atoms with Crippen molar-refractivity contribution in [1.29, 1.82) is 0 Å². The highest BCUT2D eigenvalue weighted by molar-refractivity contribution is 7.80. The molecule has 2 heteroatoms. The van der Waals surface area contributed by atoms with Crippen LogP contribution in [0.1, 0.15) is 45.4 Å². The minimum Gasteiger partial charge on any atom is -0.483 e. The van der Waals surface area contributed by atoms with Gasteiger partial charge >= 0.3 is 0 Å². The zero-order valence-corrected chi connectivity index (χ0v) is 9.37. The van der Waals surface area contributed by atoms with Crippen molar-refractivity contribution in [2.75, 3.05) is 6.61 Å². The Balaban J connectivity index is 2.99. The average Bonchev–Trinajstić information content (AvgIpc) is 2.16. The Bertz CT molecular complexity index is 143. The fourth-order valence-corrected chi connectivity index (χ4v) is 1.20. The van der Waals surface area contributed by atoms with Gasteiger partial charge in [0, 0.05) is 0 Å². The van der Waals surface area contributed by atoms with Crippen molar-refractivity contribution in [2.24, 2.45) is 0 Å². The molecule has 0 N–H and O–H groups in total. The Labute approximate surface area is 87.2 Å². The lowest BCUT2D eigenvalue weighted by Gasteiger charge is -2.03. The molecule has 0 aliphatic heterocycles. The molecular formula is C11H20OS. The summed E-state index contributed by atoms with van der Waals surface area (Å²) in [5, 5.41) is 0.522. The largest absolute Gasteiger partial charge is 0.483 e. The highest BCUT2D eigenvalue weighted by Crippen LogP contribution is 2.04. The molecule has 0 aromatic rings. The Morgan fingerprint density at radius 1 is 1.23 bits per heavy atom. The van der Waals surface area contributed by atoms with E-state index in [2.05, 4.69) is 13.5 Å². The van der Waals surface area contributed by atoms with Crippen molar-refractivity contribution in [2.45, 2.75) is 45.4 Å². The van der Waals surface area contributed by atoms with Crippen LogP contribution in [0.15, 0.2) is 12.7 Å². The van der Waals surface area contributed by atoms with E-state index < -0.39 is 0 Å². The molecule has 76 valence electrons. The number of ether oxygens (including phenoxy) is 1. The van der Waals surface area contributed by atoms with Gasteiger partial charge in [0.1, 0.15) is 0 Å². The van der Waals surface area contributed by atoms with E-state index in [4.69, 9.17) is 17.0 Å². The SMILES string of the molecule is C=CC(=S)OCCCCCCCC. The van der Waals surface area contributed by atoms with Gasteiger partial charge in [-0.05, 0) is 24.7 Å². The van der Waals surface area contributed by atoms with E-state index in [1.807, 2.05) is 0 Å².